The van der Waals surface area contributed by atoms with E-state index in [2.05, 4.69) is 10.3 Å². The number of anilines is 1. The number of nitrogens with zero attached hydrogens (tertiary/aromatic N) is 1. The summed E-state index contributed by atoms with van der Waals surface area (Å²) in [4.78, 5) is 17.8. The molecule has 0 saturated carbocycles. The van der Waals surface area contributed by atoms with Crippen LogP contribution in [0.1, 0.15) is 22.6 Å². The number of carbonyl (C=O) groups excluding carboxylic acids is 1. The molecule has 0 fully saturated rings. The molecule has 0 radical (unpaired) electrons. The Balaban J connectivity index is 1.65. The normalized spacial score (nSPS) is 17.1. The highest BCUT2D eigenvalue weighted by Gasteiger charge is 2.20. The smallest absolute Gasteiger partial charge is 0.230 e. The molecule has 2 aromatic rings. The molecular formula is C15H15Cl2N3OS. The minimum Gasteiger partial charge on any atom is -0.327 e. The van der Waals surface area contributed by atoms with Crippen LogP contribution < -0.4 is 11.1 Å². The maximum absolute atomic E-state index is 12.1. The molecule has 3 rings (SSSR count). The number of carbonyl (C=O) groups is 1. The largest absolute Gasteiger partial charge is 0.327 e. The molecule has 1 aromatic carbocycles. The Morgan fingerprint density at radius 3 is 3.00 bits per heavy atom. The van der Waals surface area contributed by atoms with Gasteiger partial charge in [-0.15, -0.1) is 11.3 Å². The topological polar surface area (TPSA) is 68.0 Å². The van der Waals surface area contributed by atoms with E-state index in [0.29, 0.717) is 15.2 Å². The van der Waals surface area contributed by atoms with Crippen molar-refractivity contribution in [1.29, 1.82) is 0 Å². The zero-order valence-electron chi connectivity index (χ0n) is 11.7. The van der Waals surface area contributed by atoms with Crippen molar-refractivity contribution >= 4 is 45.6 Å². The Labute approximate surface area is 142 Å². The number of amides is 1. The SMILES string of the molecule is N[C@H]1CCc2nc(NC(=O)Cc3ccc(Cl)c(Cl)c3)sc2C1. The standard InChI is InChI=1S/C15H15Cl2N3OS/c16-10-3-1-8(5-11(10)17)6-14(21)20-15-19-12-4-2-9(18)7-13(12)22-15/h1,3,5,9H,2,4,6-7,18H2,(H,19,20,21)/t9-/m0/s1. The lowest BCUT2D eigenvalue weighted by molar-refractivity contribution is -0.115. The van der Waals surface area contributed by atoms with Crippen LogP contribution in [0.3, 0.4) is 0 Å². The van der Waals surface area contributed by atoms with E-state index in [1.165, 1.54) is 16.2 Å². The molecule has 7 heteroatoms. The van der Waals surface area contributed by atoms with Crippen LogP contribution >= 0.6 is 34.5 Å². The first-order valence-corrected chi connectivity index (χ1v) is 8.56. The van der Waals surface area contributed by atoms with E-state index in [0.717, 1.165) is 30.5 Å². The number of rotatable bonds is 3. The Kier molecular flexibility index (Phi) is 4.68. The van der Waals surface area contributed by atoms with Gasteiger partial charge in [0, 0.05) is 10.9 Å². The van der Waals surface area contributed by atoms with E-state index in [9.17, 15) is 4.79 Å². The van der Waals surface area contributed by atoms with Gasteiger partial charge in [0.2, 0.25) is 5.91 Å². The quantitative estimate of drug-likeness (QED) is 0.885. The highest BCUT2D eigenvalue weighted by atomic mass is 35.5. The minimum atomic E-state index is -0.117. The molecule has 0 bridgehead atoms. The summed E-state index contributed by atoms with van der Waals surface area (Å²) in [5, 5.41) is 4.42. The van der Waals surface area contributed by atoms with E-state index in [1.54, 1.807) is 18.2 Å². The molecule has 1 atom stereocenters. The second-order valence-electron chi connectivity index (χ2n) is 5.37. The number of halogens is 2. The average molecular weight is 356 g/mol. The van der Waals surface area contributed by atoms with Gasteiger partial charge in [-0.1, -0.05) is 29.3 Å². The molecule has 1 amide bonds. The van der Waals surface area contributed by atoms with E-state index in [-0.39, 0.29) is 18.4 Å². The van der Waals surface area contributed by atoms with Crippen molar-refractivity contribution in [3.05, 3.63) is 44.4 Å². The third kappa shape index (κ3) is 3.60. The van der Waals surface area contributed by atoms with Crippen molar-refractivity contribution in [2.75, 3.05) is 5.32 Å². The first-order chi connectivity index (χ1) is 10.5. The van der Waals surface area contributed by atoms with Crippen molar-refractivity contribution in [1.82, 2.24) is 4.98 Å². The maximum atomic E-state index is 12.1. The number of benzene rings is 1. The number of thiazole rings is 1. The Hall–Kier alpha value is -1.14. The van der Waals surface area contributed by atoms with Gasteiger partial charge in [-0.2, -0.15) is 0 Å². The van der Waals surface area contributed by atoms with Gasteiger partial charge in [-0.25, -0.2) is 4.98 Å². The van der Waals surface area contributed by atoms with Crippen LogP contribution in [0.4, 0.5) is 5.13 Å². The van der Waals surface area contributed by atoms with Gasteiger partial charge in [0.1, 0.15) is 0 Å². The summed E-state index contributed by atoms with van der Waals surface area (Å²) >= 11 is 13.3. The van der Waals surface area contributed by atoms with Gasteiger partial charge in [0.05, 0.1) is 22.2 Å². The number of nitrogens with two attached hydrogens (primary N) is 1. The summed E-state index contributed by atoms with van der Waals surface area (Å²) in [6.45, 7) is 0. The highest BCUT2D eigenvalue weighted by Crippen LogP contribution is 2.29. The fraction of sp³-hybridized carbons (Fsp3) is 0.333. The molecule has 0 spiro atoms. The predicted octanol–water partition coefficient (Wildman–Crippen LogP) is 3.45. The monoisotopic (exact) mass is 355 g/mol. The molecular weight excluding hydrogens is 341 g/mol. The van der Waals surface area contributed by atoms with Crippen molar-refractivity contribution in [2.45, 2.75) is 31.7 Å². The van der Waals surface area contributed by atoms with Crippen LogP contribution in [-0.2, 0) is 24.1 Å². The van der Waals surface area contributed by atoms with Gasteiger partial charge < -0.3 is 11.1 Å². The van der Waals surface area contributed by atoms with Crippen molar-refractivity contribution in [2.24, 2.45) is 5.73 Å². The number of fused-ring (bicyclic) bond motifs is 1. The molecule has 0 saturated heterocycles. The molecule has 1 heterocycles. The first kappa shape index (κ1) is 15.7. The van der Waals surface area contributed by atoms with E-state index in [4.69, 9.17) is 28.9 Å². The number of aryl methyl sites for hydroxylation is 1. The lowest BCUT2D eigenvalue weighted by Gasteiger charge is -2.15. The number of hydrogen-bond donors (Lipinski definition) is 2. The first-order valence-electron chi connectivity index (χ1n) is 6.99. The predicted molar refractivity (Wildman–Crippen MR) is 90.9 cm³/mol. The molecule has 0 aliphatic heterocycles. The van der Waals surface area contributed by atoms with Gasteiger partial charge in [-0.05, 0) is 37.0 Å². The fourth-order valence-corrected chi connectivity index (χ4v) is 3.89. The van der Waals surface area contributed by atoms with Gasteiger partial charge in [0.15, 0.2) is 5.13 Å². The van der Waals surface area contributed by atoms with Crippen LogP contribution in [0.5, 0.6) is 0 Å². The highest BCUT2D eigenvalue weighted by molar-refractivity contribution is 7.15. The summed E-state index contributed by atoms with van der Waals surface area (Å²) in [6, 6.07) is 5.39. The molecule has 3 N–H and O–H groups in total. The molecule has 1 aromatic heterocycles. The van der Waals surface area contributed by atoms with E-state index in [1.807, 2.05) is 0 Å². The molecule has 1 aliphatic rings. The molecule has 0 unspecified atom stereocenters. The summed E-state index contributed by atoms with van der Waals surface area (Å²) in [6.07, 6.45) is 2.92. The van der Waals surface area contributed by atoms with Crippen LogP contribution in [0.2, 0.25) is 10.0 Å². The van der Waals surface area contributed by atoms with Gasteiger partial charge >= 0.3 is 0 Å². The summed E-state index contributed by atoms with van der Waals surface area (Å²) < 4.78 is 0. The van der Waals surface area contributed by atoms with E-state index >= 15 is 0 Å². The zero-order chi connectivity index (χ0) is 15.7. The summed E-state index contributed by atoms with van der Waals surface area (Å²) in [7, 11) is 0. The molecule has 4 nitrogen and oxygen atoms in total. The van der Waals surface area contributed by atoms with Crippen LogP contribution in [0.25, 0.3) is 0 Å². The number of aromatic nitrogens is 1. The number of nitrogens with one attached hydrogen (secondary N) is 1. The van der Waals surface area contributed by atoms with Crippen LogP contribution in [0, 0.1) is 0 Å². The van der Waals surface area contributed by atoms with Crippen molar-refractivity contribution in [3.63, 3.8) is 0 Å². The van der Waals surface area contributed by atoms with Crippen LogP contribution in [-0.4, -0.2) is 16.9 Å². The second kappa shape index (κ2) is 6.54. The lowest BCUT2D eigenvalue weighted by Crippen LogP contribution is -2.27. The third-order valence-electron chi connectivity index (χ3n) is 3.57. The average Bonchev–Trinajstić information content (AvgIpc) is 2.84. The van der Waals surface area contributed by atoms with Crippen molar-refractivity contribution < 1.29 is 4.79 Å². The Bertz CT molecular complexity index is 717. The molecule has 22 heavy (non-hydrogen) atoms. The third-order valence-corrected chi connectivity index (χ3v) is 5.35. The Morgan fingerprint density at radius 1 is 1.41 bits per heavy atom. The van der Waals surface area contributed by atoms with E-state index < -0.39 is 0 Å². The zero-order valence-corrected chi connectivity index (χ0v) is 14.1. The Morgan fingerprint density at radius 2 is 2.23 bits per heavy atom. The second-order valence-corrected chi connectivity index (χ2v) is 7.26. The molecule has 1 aliphatic carbocycles. The van der Waals surface area contributed by atoms with Crippen molar-refractivity contribution in [3.8, 4) is 0 Å². The molecule has 116 valence electrons. The lowest BCUT2D eigenvalue weighted by atomic mass is 9.99. The van der Waals surface area contributed by atoms with Gasteiger partial charge in [-0.3, -0.25) is 4.79 Å². The minimum absolute atomic E-state index is 0.117. The maximum Gasteiger partial charge on any atom is 0.230 e. The number of hydrogen-bond acceptors (Lipinski definition) is 4. The van der Waals surface area contributed by atoms with Gasteiger partial charge in [0.25, 0.3) is 0 Å². The van der Waals surface area contributed by atoms with Crippen LogP contribution in [0.15, 0.2) is 18.2 Å². The fourth-order valence-electron chi connectivity index (χ4n) is 2.45. The summed E-state index contributed by atoms with van der Waals surface area (Å²) in [5.74, 6) is -0.117. The summed E-state index contributed by atoms with van der Waals surface area (Å²) in [5.41, 5.74) is 7.84.